The minimum atomic E-state index is -3.69. The lowest BCUT2D eigenvalue weighted by Crippen LogP contribution is -2.34. The van der Waals surface area contributed by atoms with E-state index in [0.717, 1.165) is 0 Å². The number of nitrogens with one attached hydrogen (secondary N) is 2. The van der Waals surface area contributed by atoms with Gasteiger partial charge in [0.15, 0.2) is 6.61 Å². The number of benzene rings is 2. The molecule has 0 aliphatic carbocycles. The number of hydrogen-bond donors (Lipinski definition) is 2. The highest BCUT2D eigenvalue weighted by atomic mass is 32.2. The standard InChI is InChI=1S/C23H28N4O5S/c1-5-15(2)21(25-22-18-8-6-7-9-19(18)33(30,31)26-22)23(29)24-16-10-12-17(13-11-16)32-14-20(28)27(3)4/h6-13,15,21H,5,14H2,1-4H3,(H,24,29)(H,25,26)/t15-,21-/m0/s1. The zero-order chi connectivity index (χ0) is 24.2. The van der Waals surface area contributed by atoms with Gasteiger partial charge < -0.3 is 15.0 Å². The third kappa shape index (κ3) is 5.70. The number of fused-ring (bicyclic) bond motifs is 1. The summed E-state index contributed by atoms with van der Waals surface area (Å²) in [6.07, 6.45) is 0.677. The largest absolute Gasteiger partial charge is 0.484 e. The molecule has 1 heterocycles. The van der Waals surface area contributed by atoms with Crippen LogP contribution in [0, 0.1) is 5.92 Å². The maximum atomic E-state index is 13.1. The highest BCUT2D eigenvalue weighted by molar-refractivity contribution is 7.90. The number of rotatable bonds is 8. The van der Waals surface area contributed by atoms with E-state index in [9.17, 15) is 18.0 Å². The van der Waals surface area contributed by atoms with Crippen LogP contribution in [-0.2, 0) is 19.6 Å². The van der Waals surface area contributed by atoms with Crippen molar-refractivity contribution in [1.82, 2.24) is 9.62 Å². The van der Waals surface area contributed by atoms with Gasteiger partial charge in [0.05, 0.1) is 4.90 Å². The van der Waals surface area contributed by atoms with Crippen molar-refractivity contribution in [3.63, 3.8) is 0 Å². The molecule has 2 aromatic rings. The van der Waals surface area contributed by atoms with Gasteiger partial charge in [0.25, 0.3) is 15.9 Å². The lowest BCUT2D eigenvalue weighted by atomic mass is 9.98. The number of likely N-dealkylation sites (N-methyl/N-ethyl adjacent to an activating group) is 1. The summed E-state index contributed by atoms with van der Waals surface area (Å²) in [7, 11) is -0.394. The first-order chi connectivity index (χ1) is 15.6. The third-order valence-corrected chi connectivity index (χ3v) is 6.76. The number of nitrogens with zero attached hydrogens (tertiary/aromatic N) is 2. The summed E-state index contributed by atoms with van der Waals surface area (Å²) in [4.78, 5) is 30.8. The van der Waals surface area contributed by atoms with E-state index in [2.05, 4.69) is 15.0 Å². The molecular weight excluding hydrogens is 444 g/mol. The van der Waals surface area contributed by atoms with Gasteiger partial charge in [0.1, 0.15) is 17.6 Å². The Hall–Kier alpha value is -3.40. The summed E-state index contributed by atoms with van der Waals surface area (Å²) in [6.45, 7) is 3.76. The highest BCUT2D eigenvalue weighted by Crippen LogP contribution is 2.24. The van der Waals surface area contributed by atoms with Gasteiger partial charge in [-0.3, -0.25) is 19.3 Å². The average Bonchev–Trinajstić information content (AvgIpc) is 3.06. The molecule has 2 N–H and O–H groups in total. The van der Waals surface area contributed by atoms with Gasteiger partial charge in [0, 0.05) is 25.3 Å². The molecule has 0 unspecified atom stereocenters. The van der Waals surface area contributed by atoms with Crippen LogP contribution in [0.25, 0.3) is 0 Å². The summed E-state index contributed by atoms with van der Waals surface area (Å²) in [5.74, 6) is 0.0255. The third-order valence-electron chi connectivity index (χ3n) is 5.37. The summed E-state index contributed by atoms with van der Waals surface area (Å²) < 4.78 is 32.7. The van der Waals surface area contributed by atoms with Crippen LogP contribution < -0.4 is 14.8 Å². The SMILES string of the molecule is CC[C@H](C)[C@H](N=C1NS(=O)(=O)c2ccccc21)C(=O)Nc1ccc(OCC(=O)N(C)C)cc1. The van der Waals surface area contributed by atoms with Crippen molar-refractivity contribution < 1.29 is 22.7 Å². The van der Waals surface area contributed by atoms with Gasteiger partial charge in [-0.05, 0) is 42.3 Å². The maximum absolute atomic E-state index is 13.1. The van der Waals surface area contributed by atoms with Crippen LogP contribution >= 0.6 is 0 Å². The van der Waals surface area contributed by atoms with E-state index in [1.165, 1.54) is 11.0 Å². The molecule has 0 spiro atoms. The Bertz CT molecular complexity index is 1160. The Labute approximate surface area is 193 Å². The van der Waals surface area contributed by atoms with Crippen LogP contribution in [0.15, 0.2) is 58.4 Å². The van der Waals surface area contributed by atoms with E-state index in [4.69, 9.17) is 4.74 Å². The van der Waals surface area contributed by atoms with E-state index in [-0.39, 0.29) is 35.1 Å². The van der Waals surface area contributed by atoms with Gasteiger partial charge in [-0.2, -0.15) is 0 Å². The predicted octanol–water partition coefficient (Wildman–Crippen LogP) is 2.25. The fourth-order valence-electron chi connectivity index (χ4n) is 3.16. The zero-order valence-electron chi connectivity index (χ0n) is 19.0. The molecule has 0 saturated heterocycles. The van der Waals surface area contributed by atoms with Gasteiger partial charge in [-0.25, -0.2) is 8.42 Å². The fourth-order valence-corrected chi connectivity index (χ4v) is 4.40. The number of hydrogen-bond acceptors (Lipinski definition) is 6. The minimum absolute atomic E-state index is 0.0797. The lowest BCUT2D eigenvalue weighted by molar-refractivity contribution is -0.130. The molecule has 2 atom stereocenters. The molecule has 2 amide bonds. The van der Waals surface area contributed by atoms with Crippen LogP contribution in [0.2, 0.25) is 0 Å². The molecule has 176 valence electrons. The quantitative estimate of drug-likeness (QED) is 0.611. The summed E-state index contributed by atoms with van der Waals surface area (Å²) in [6, 6.07) is 12.4. The summed E-state index contributed by atoms with van der Waals surface area (Å²) >= 11 is 0. The number of amides is 2. The van der Waals surface area contributed by atoms with Crippen LogP contribution in [0.5, 0.6) is 5.75 Å². The monoisotopic (exact) mass is 472 g/mol. The van der Waals surface area contributed by atoms with E-state index < -0.39 is 16.1 Å². The number of ether oxygens (including phenoxy) is 1. The van der Waals surface area contributed by atoms with Crippen molar-refractivity contribution in [2.45, 2.75) is 31.2 Å². The average molecular weight is 473 g/mol. The zero-order valence-corrected chi connectivity index (χ0v) is 19.8. The Morgan fingerprint density at radius 3 is 2.42 bits per heavy atom. The molecule has 33 heavy (non-hydrogen) atoms. The normalized spacial score (nSPS) is 16.9. The highest BCUT2D eigenvalue weighted by Gasteiger charge is 2.33. The van der Waals surface area contributed by atoms with E-state index >= 15 is 0 Å². The first-order valence-electron chi connectivity index (χ1n) is 10.6. The predicted molar refractivity (Wildman–Crippen MR) is 126 cm³/mol. The Morgan fingerprint density at radius 1 is 1.12 bits per heavy atom. The minimum Gasteiger partial charge on any atom is -0.484 e. The molecule has 0 radical (unpaired) electrons. The molecule has 1 aliphatic rings. The molecule has 0 fully saturated rings. The Kier molecular flexibility index (Phi) is 7.37. The van der Waals surface area contributed by atoms with Crippen LogP contribution in [0.4, 0.5) is 5.69 Å². The lowest BCUT2D eigenvalue weighted by Gasteiger charge is -2.19. The van der Waals surface area contributed by atoms with E-state index in [0.29, 0.717) is 23.4 Å². The van der Waals surface area contributed by atoms with Crippen LogP contribution in [0.1, 0.15) is 25.8 Å². The van der Waals surface area contributed by atoms with Crippen molar-refractivity contribution in [2.75, 3.05) is 26.0 Å². The maximum Gasteiger partial charge on any atom is 0.263 e. The smallest absolute Gasteiger partial charge is 0.263 e. The summed E-state index contributed by atoms with van der Waals surface area (Å²) in [5, 5.41) is 2.83. The second-order valence-corrected chi connectivity index (χ2v) is 9.65. The topological polar surface area (TPSA) is 117 Å². The second-order valence-electron chi connectivity index (χ2n) is 8.00. The van der Waals surface area contributed by atoms with Crippen molar-refractivity contribution in [1.29, 1.82) is 0 Å². The van der Waals surface area contributed by atoms with Gasteiger partial charge >= 0.3 is 0 Å². The molecule has 0 aromatic heterocycles. The van der Waals surface area contributed by atoms with E-state index in [1.54, 1.807) is 56.6 Å². The number of carbonyl (C=O) groups excluding carboxylic acids is 2. The molecular formula is C23H28N4O5S. The van der Waals surface area contributed by atoms with Crippen molar-refractivity contribution in [2.24, 2.45) is 10.9 Å². The molecule has 3 rings (SSSR count). The Balaban J connectivity index is 1.76. The molecule has 0 bridgehead atoms. The Morgan fingerprint density at radius 2 is 1.79 bits per heavy atom. The first kappa shape index (κ1) is 24.2. The second kappa shape index (κ2) is 10.0. The van der Waals surface area contributed by atoms with Crippen LogP contribution in [0.3, 0.4) is 0 Å². The van der Waals surface area contributed by atoms with Crippen molar-refractivity contribution in [3.8, 4) is 5.75 Å². The molecule has 2 aromatic carbocycles. The number of amidine groups is 1. The van der Waals surface area contributed by atoms with Crippen LogP contribution in [-0.4, -0.2) is 57.7 Å². The fraction of sp³-hybridized carbons (Fsp3) is 0.348. The first-order valence-corrected chi connectivity index (χ1v) is 12.0. The molecule has 9 nitrogen and oxygen atoms in total. The molecule has 10 heteroatoms. The van der Waals surface area contributed by atoms with Gasteiger partial charge in [-0.1, -0.05) is 32.4 Å². The molecule has 0 saturated carbocycles. The van der Waals surface area contributed by atoms with E-state index in [1.807, 2.05) is 13.8 Å². The number of aliphatic imine (C=N–C) groups is 1. The van der Waals surface area contributed by atoms with Crippen molar-refractivity contribution in [3.05, 3.63) is 54.1 Å². The summed E-state index contributed by atoms with van der Waals surface area (Å²) in [5.41, 5.74) is 0.986. The van der Waals surface area contributed by atoms with Crippen molar-refractivity contribution >= 4 is 33.4 Å². The van der Waals surface area contributed by atoms with Gasteiger partial charge in [-0.15, -0.1) is 0 Å². The molecule has 1 aliphatic heterocycles. The number of carbonyl (C=O) groups is 2. The van der Waals surface area contributed by atoms with Gasteiger partial charge in [0.2, 0.25) is 5.91 Å². The number of anilines is 1. The number of sulfonamides is 1.